The highest BCUT2D eigenvalue weighted by molar-refractivity contribution is 5.93. The van der Waals surface area contributed by atoms with E-state index < -0.39 is 11.7 Å². The molecule has 0 spiro atoms. The van der Waals surface area contributed by atoms with E-state index in [1.165, 1.54) is 12.3 Å². The molecule has 0 saturated heterocycles. The quantitative estimate of drug-likeness (QED) is 0.795. The van der Waals surface area contributed by atoms with Crippen molar-refractivity contribution in [1.29, 1.82) is 0 Å². The number of rotatable bonds is 6. The molecule has 0 unspecified atom stereocenters. The maximum absolute atomic E-state index is 12.4. The van der Waals surface area contributed by atoms with Gasteiger partial charge in [0.1, 0.15) is 5.82 Å². The van der Waals surface area contributed by atoms with E-state index in [9.17, 15) is 18.0 Å². The van der Waals surface area contributed by atoms with Crippen LogP contribution in [0.4, 0.5) is 19.0 Å². The van der Waals surface area contributed by atoms with E-state index in [0.717, 1.165) is 18.0 Å². The van der Waals surface area contributed by atoms with Crippen LogP contribution >= 0.6 is 0 Å². The number of pyridine rings is 2. The van der Waals surface area contributed by atoms with Crippen molar-refractivity contribution in [2.24, 2.45) is 0 Å². The normalized spacial score (nSPS) is 11.2. The molecule has 2 aromatic heterocycles. The lowest BCUT2D eigenvalue weighted by molar-refractivity contribution is -0.137. The van der Waals surface area contributed by atoms with Crippen LogP contribution < -0.4 is 10.6 Å². The van der Waals surface area contributed by atoms with Crippen molar-refractivity contribution in [3.63, 3.8) is 0 Å². The van der Waals surface area contributed by atoms with Gasteiger partial charge in [0.2, 0.25) is 0 Å². The largest absolute Gasteiger partial charge is 0.417 e. The Labute approximate surface area is 137 Å². The second-order valence-electron chi connectivity index (χ2n) is 5.15. The smallest absolute Gasteiger partial charge is 0.370 e. The van der Waals surface area contributed by atoms with E-state index in [-0.39, 0.29) is 5.91 Å². The third kappa shape index (κ3) is 5.22. The second-order valence-corrected chi connectivity index (χ2v) is 5.15. The fourth-order valence-corrected chi connectivity index (χ4v) is 1.88. The Hall–Kier alpha value is -2.64. The number of halogens is 3. The number of amides is 1. The molecule has 2 N–H and O–H groups in total. The van der Waals surface area contributed by atoms with Crippen LogP contribution in [0, 0.1) is 6.92 Å². The van der Waals surface area contributed by atoms with E-state index in [2.05, 4.69) is 20.6 Å². The summed E-state index contributed by atoms with van der Waals surface area (Å²) in [4.78, 5) is 19.6. The van der Waals surface area contributed by atoms with Gasteiger partial charge in [-0.3, -0.25) is 9.78 Å². The number of carbonyl (C=O) groups is 1. The summed E-state index contributed by atoms with van der Waals surface area (Å²) < 4.78 is 37.2. The summed E-state index contributed by atoms with van der Waals surface area (Å²) in [5, 5.41) is 5.65. The van der Waals surface area contributed by atoms with Crippen LogP contribution in [0.25, 0.3) is 0 Å². The molecule has 2 aromatic rings. The molecule has 1 amide bonds. The number of hydrogen-bond donors (Lipinski definition) is 2. The molecule has 0 aromatic carbocycles. The number of hydrogen-bond acceptors (Lipinski definition) is 4. The van der Waals surface area contributed by atoms with Gasteiger partial charge in [-0.25, -0.2) is 4.98 Å². The SMILES string of the molecule is Cc1ccc(C(=O)NCCCNc2ccc(C(F)(F)F)cn2)cn1. The summed E-state index contributed by atoms with van der Waals surface area (Å²) in [5.74, 6) is 0.146. The number of aryl methyl sites for hydroxylation is 1. The highest BCUT2D eigenvalue weighted by Gasteiger charge is 2.30. The van der Waals surface area contributed by atoms with Gasteiger partial charge in [0.25, 0.3) is 5.91 Å². The van der Waals surface area contributed by atoms with Crippen molar-refractivity contribution in [2.75, 3.05) is 18.4 Å². The molecule has 24 heavy (non-hydrogen) atoms. The van der Waals surface area contributed by atoms with Crippen LogP contribution in [-0.2, 0) is 6.18 Å². The molecular formula is C16H17F3N4O. The second kappa shape index (κ2) is 7.76. The van der Waals surface area contributed by atoms with Gasteiger partial charge in [0.15, 0.2) is 0 Å². The molecule has 0 atom stereocenters. The Morgan fingerprint density at radius 1 is 1.08 bits per heavy atom. The third-order valence-electron chi connectivity index (χ3n) is 3.21. The van der Waals surface area contributed by atoms with Crippen molar-refractivity contribution in [3.8, 4) is 0 Å². The van der Waals surface area contributed by atoms with Gasteiger partial charge < -0.3 is 10.6 Å². The Morgan fingerprint density at radius 2 is 1.88 bits per heavy atom. The van der Waals surface area contributed by atoms with Gasteiger partial charge in [-0.2, -0.15) is 13.2 Å². The topological polar surface area (TPSA) is 66.9 Å². The molecule has 0 aliphatic heterocycles. The van der Waals surface area contributed by atoms with Crippen LogP contribution in [0.1, 0.15) is 28.0 Å². The van der Waals surface area contributed by atoms with Crippen molar-refractivity contribution in [2.45, 2.75) is 19.5 Å². The Balaban J connectivity index is 1.69. The molecule has 5 nitrogen and oxygen atoms in total. The minimum absolute atomic E-state index is 0.213. The lowest BCUT2D eigenvalue weighted by Crippen LogP contribution is -2.26. The fraction of sp³-hybridized carbons (Fsp3) is 0.312. The van der Waals surface area contributed by atoms with Crippen LogP contribution in [0.5, 0.6) is 0 Å². The highest BCUT2D eigenvalue weighted by Crippen LogP contribution is 2.28. The monoisotopic (exact) mass is 338 g/mol. The maximum atomic E-state index is 12.4. The predicted molar refractivity (Wildman–Crippen MR) is 83.7 cm³/mol. The first-order chi connectivity index (χ1) is 11.4. The summed E-state index contributed by atoms with van der Waals surface area (Å²) >= 11 is 0. The lowest BCUT2D eigenvalue weighted by Gasteiger charge is -2.09. The molecular weight excluding hydrogens is 321 g/mol. The van der Waals surface area contributed by atoms with Crippen molar-refractivity contribution in [1.82, 2.24) is 15.3 Å². The molecule has 0 radical (unpaired) electrons. The molecule has 0 bridgehead atoms. The van der Waals surface area contributed by atoms with E-state index in [0.29, 0.717) is 30.9 Å². The summed E-state index contributed by atoms with van der Waals surface area (Å²) in [7, 11) is 0. The van der Waals surface area contributed by atoms with Crippen LogP contribution in [0.3, 0.4) is 0 Å². The first-order valence-electron chi connectivity index (χ1n) is 7.34. The maximum Gasteiger partial charge on any atom is 0.417 e. The first-order valence-corrected chi connectivity index (χ1v) is 7.34. The summed E-state index contributed by atoms with van der Waals surface area (Å²) in [5.41, 5.74) is 0.532. The molecule has 0 aliphatic rings. The van der Waals surface area contributed by atoms with E-state index >= 15 is 0 Å². The molecule has 128 valence electrons. The molecule has 0 saturated carbocycles. The van der Waals surface area contributed by atoms with Crippen molar-refractivity contribution < 1.29 is 18.0 Å². The third-order valence-corrected chi connectivity index (χ3v) is 3.21. The van der Waals surface area contributed by atoms with Gasteiger partial charge in [-0.15, -0.1) is 0 Å². The minimum Gasteiger partial charge on any atom is -0.370 e. The summed E-state index contributed by atoms with van der Waals surface area (Å²) in [6.45, 7) is 2.74. The Kier molecular flexibility index (Phi) is 5.73. The number of aromatic nitrogens is 2. The molecule has 8 heteroatoms. The molecule has 2 rings (SSSR count). The lowest BCUT2D eigenvalue weighted by atomic mass is 10.2. The summed E-state index contributed by atoms with van der Waals surface area (Å²) in [6, 6.07) is 5.70. The minimum atomic E-state index is -4.39. The van der Waals surface area contributed by atoms with E-state index in [4.69, 9.17) is 0 Å². The summed E-state index contributed by atoms with van der Waals surface area (Å²) in [6.07, 6.45) is -1.49. The van der Waals surface area contributed by atoms with Crippen LogP contribution in [0.15, 0.2) is 36.7 Å². The van der Waals surface area contributed by atoms with Gasteiger partial charge in [-0.05, 0) is 37.6 Å². The van der Waals surface area contributed by atoms with E-state index in [1.807, 2.05) is 6.92 Å². The number of nitrogens with one attached hydrogen (secondary N) is 2. The van der Waals surface area contributed by atoms with Crippen molar-refractivity contribution in [3.05, 3.63) is 53.5 Å². The molecule has 0 aliphatic carbocycles. The zero-order chi connectivity index (χ0) is 17.6. The van der Waals surface area contributed by atoms with Gasteiger partial charge >= 0.3 is 6.18 Å². The highest BCUT2D eigenvalue weighted by atomic mass is 19.4. The Morgan fingerprint density at radius 3 is 2.46 bits per heavy atom. The van der Waals surface area contributed by atoms with Crippen LogP contribution in [-0.4, -0.2) is 29.0 Å². The van der Waals surface area contributed by atoms with Crippen LogP contribution in [0.2, 0.25) is 0 Å². The number of nitrogens with zero attached hydrogens (tertiary/aromatic N) is 2. The zero-order valence-corrected chi connectivity index (χ0v) is 13.0. The Bertz CT molecular complexity index is 669. The molecule has 0 fully saturated rings. The number of carbonyl (C=O) groups excluding carboxylic acids is 1. The van der Waals surface area contributed by atoms with Gasteiger partial charge in [0, 0.05) is 31.2 Å². The average Bonchev–Trinajstić information content (AvgIpc) is 2.54. The standard InChI is InChI=1S/C16H17F3N4O/c1-11-3-4-12(9-22-11)15(24)21-8-2-7-20-14-6-5-13(10-23-14)16(17,18)19/h3-6,9-10H,2,7-8H2,1H3,(H,20,23)(H,21,24). The zero-order valence-electron chi connectivity index (χ0n) is 13.0. The number of anilines is 1. The first kappa shape index (κ1) is 17.7. The van der Waals surface area contributed by atoms with E-state index in [1.54, 1.807) is 12.1 Å². The predicted octanol–water partition coefficient (Wildman–Crippen LogP) is 3.04. The average molecular weight is 338 g/mol. The van der Waals surface area contributed by atoms with Gasteiger partial charge in [0.05, 0.1) is 11.1 Å². The molecule has 2 heterocycles. The fourth-order valence-electron chi connectivity index (χ4n) is 1.88. The van der Waals surface area contributed by atoms with Gasteiger partial charge in [-0.1, -0.05) is 0 Å². The number of alkyl halides is 3. The van der Waals surface area contributed by atoms with Crippen molar-refractivity contribution >= 4 is 11.7 Å².